The molecule has 0 aliphatic carbocycles. The first-order valence-corrected chi connectivity index (χ1v) is 7.55. The van der Waals surface area contributed by atoms with E-state index in [-0.39, 0.29) is 0 Å². The van der Waals surface area contributed by atoms with Crippen LogP contribution in [0.2, 0.25) is 0 Å². The Labute approximate surface area is 124 Å². The molecule has 0 aliphatic heterocycles. The first-order chi connectivity index (χ1) is 9.61. The van der Waals surface area contributed by atoms with Crippen molar-refractivity contribution in [3.63, 3.8) is 0 Å². The maximum Gasteiger partial charge on any atom is 0.348 e. The molecule has 5 nitrogen and oxygen atoms in total. The average molecular weight is 311 g/mol. The topological polar surface area (TPSA) is 65.5 Å². The molecule has 106 valence electrons. The van der Waals surface area contributed by atoms with Gasteiger partial charge in [0.1, 0.15) is 9.75 Å². The largest absolute Gasteiger partial charge is 0.465 e. The van der Waals surface area contributed by atoms with Crippen molar-refractivity contribution < 1.29 is 19.1 Å². The van der Waals surface area contributed by atoms with Crippen LogP contribution in [0.25, 0.3) is 0 Å². The number of carbonyl (C=O) groups is 2. The zero-order valence-corrected chi connectivity index (χ0v) is 12.7. The fourth-order valence-corrected chi connectivity index (χ4v) is 3.11. The number of ether oxygens (including phenoxy) is 2. The van der Waals surface area contributed by atoms with E-state index in [1.54, 1.807) is 29.0 Å². The van der Waals surface area contributed by atoms with Crippen molar-refractivity contribution in [2.45, 2.75) is 13.3 Å². The summed E-state index contributed by atoms with van der Waals surface area (Å²) in [4.78, 5) is 29.1. The van der Waals surface area contributed by atoms with Crippen LogP contribution in [0.3, 0.4) is 0 Å². The summed E-state index contributed by atoms with van der Waals surface area (Å²) in [6, 6.07) is 3.12. The van der Waals surface area contributed by atoms with Gasteiger partial charge in [0.15, 0.2) is 0 Å². The lowest BCUT2D eigenvalue weighted by Crippen LogP contribution is -2.06. The molecule has 7 heteroatoms. The molecule has 0 saturated carbocycles. The first kappa shape index (κ1) is 14.7. The summed E-state index contributed by atoms with van der Waals surface area (Å²) in [5.74, 6) is -0.873. The Morgan fingerprint density at radius 3 is 2.55 bits per heavy atom. The van der Waals surface area contributed by atoms with Gasteiger partial charge in [-0.2, -0.15) is 0 Å². The lowest BCUT2D eigenvalue weighted by Gasteiger charge is -2.02. The van der Waals surface area contributed by atoms with Crippen LogP contribution in [0.4, 0.5) is 0 Å². The predicted molar refractivity (Wildman–Crippen MR) is 76.5 cm³/mol. The molecule has 0 N–H and O–H groups in total. The van der Waals surface area contributed by atoms with E-state index in [0.29, 0.717) is 22.8 Å². The maximum absolute atomic E-state index is 11.8. The standard InChI is InChI=1S/C13H13NO4S2/c1-8-9(19-7-14-8)5-6-18-13(16)11-4-3-10(20-11)12(15)17-2/h3-4,7H,5-6H2,1-2H3. The van der Waals surface area contributed by atoms with E-state index in [1.807, 2.05) is 6.92 Å². The Morgan fingerprint density at radius 2 is 1.95 bits per heavy atom. The molecule has 2 rings (SSSR count). The van der Waals surface area contributed by atoms with E-state index >= 15 is 0 Å². The summed E-state index contributed by atoms with van der Waals surface area (Å²) in [6.45, 7) is 2.23. The highest BCUT2D eigenvalue weighted by molar-refractivity contribution is 7.15. The van der Waals surface area contributed by atoms with E-state index in [9.17, 15) is 9.59 Å². The summed E-state index contributed by atoms with van der Waals surface area (Å²) in [5, 5.41) is 0. The van der Waals surface area contributed by atoms with Crippen LogP contribution < -0.4 is 0 Å². The molecule has 0 radical (unpaired) electrons. The molecule has 0 atom stereocenters. The quantitative estimate of drug-likeness (QED) is 0.794. The highest BCUT2D eigenvalue weighted by atomic mass is 32.1. The Kier molecular flexibility index (Phi) is 4.86. The van der Waals surface area contributed by atoms with Crippen LogP contribution in [-0.4, -0.2) is 30.6 Å². The predicted octanol–water partition coefficient (Wildman–Crippen LogP) is 2.70. The van der Waals surface area contributed by atoms with E-state index in [4.69, 9.17) is 4.74 Å². The van der Waals surface area contributed by atoms with Crippen LogP contribution >= 0.6 is 22.7 Å². The van der Waals surface area contributed by atoms with Gasteiger partial charge in [0.2, 0.25) is 0 Å². The molecule has 2 heterocycles. The van der Waals surface area contributed by atoms with Crippen molar-refractivity contribution in [2.24, 2.45) is 0 Å². The molecule has 0 aliphatic rings. The van der Waals surface area contributed by atoms with Crippen molar-refractivity contribution in [3.8, 4) is 0 Å². The molecular weight excluding hydrogens is 298 g/mol. The Bertz CT molecular complexity index is 617. The van der Waals surface area contributed by atoms with Crippen molar-refractivity contribution in [1.82, 2.24) is 4.98 Å². The number of thiazole rings is 1. The summed E-state index contributed by atoms with van der Waals surface area (Å²) in [5.41, 5.74) is 2.74. The van der Waals surface area contributed by atoms with Gasteiger partial charge in [-0.25, -0.2) is 14.6 Å². The lowest BCUT2D eigenvalue weighted by atomic mass is 10.3. The minimum atomic E-state index is -0.450. The number of methoxy groups -OCH3 is 1. The number of hydrogen-bond acceptors (Lipinski definition) is 7. The summed E-state index contributed by atoms with van der Waals surface area (Å²) < 4.78 is 9.77. The number of aryl methyl sites for hydroxylation is 1. The zero-order chi connectivity index (χ0) is 14.5. The second kappa shape index (κ2) is 6.62. The molecule has 20 heavy (non-hydrogen) atoms. The van der Waals surface area contributed by atoms with Crippen molar-refractivity contribution in [3.05, 3.63) is 38.0 Å². The minimum absolute atomic E-state index is 0.299. The second-order valence-electron chi connectivity index (χ2n) is 3.90. The molecule has 0 fully saturated rings. The van der Waals surface area contributed by atoms with E-state index < -0.39 is 11.9 Å². The number of hydrogen-bond donors (Lipinski definition) is 0. The third kappa shape index (κ3) is 3.43. The number of nitrogens with zero attached hydrogens (tertiary/aromatic N) is 1. The lowest BCUT2D eigenvalue weighted by molar-refractivity contribution is 0.0515. The van der Waals surface area contributed by atoms with Crippen molar-refractivity contribution in [2.75, 3.05) is 13.7 Å². The van der Waals surface area contributed by atoms with Gasteiger partial charge >= 0.3 is 11.9 Å². The van der Waals surface area contributed by atoms with E-state index in [2.05, 4.69) is 9.72 Å². The Morgan fingerprint density at radius 1 is 1.25 bits per heavy atom. The Balaban J connectivity index is 1.87. The monoisotopic (exact) mass is 311 g/mol. The van der Waals surface area contributed by atoms with Gasteiger partial charge in [0, 0.05) is 11.3 Å². The molecule has 0 spiro atoms. The zero-order valence-electron chi connectivity index (χ0n) is 11.0. The van der Waals surface area contributed by atoms with Gasteiger partial charge in [-0.15, -0.1) is 22.7 Å². The van der Waals surface area contributed by atoms with E-state index in [0.717, 1.165) is 21.9 Å². The Hall–Kier alpha value is -1.73. The molecule has 0 aromatic carbocycles. The van der Waals surface area contributed by atoms with Crippen LogP contribution in [0.5, 0.6) is 0 Å². The SMILES string of the molecule is COC(=O)c1ccc(C(=O)OCCc2scnc2C)s1. The molecule has 2 aromatic rings. The van der Waals surface area contributed by atoms with Gasteiger partial charge in [-0.1, -0.05) is 0 Å². The van der Waals surface area contributed by atoms with Crippen LogP contribution in [0.1, 0.15) is 29.9 Å². The van der Waals surface area contributed by atoms with Gasteiger partial charge < -0.3 is 9.47 Å². The summed E-state index contributed by atoms with van der Waals surface area (Å²) in [6.07, 6.45) is 0.650. The van der Waals surface area contributed by atoms with E-state index in [1.165, 1.54) is 7.11 Å². The van der Waals surface area contributed by atoms with Crippen LogP contribution in [-0.2, 0) is 15.9 Å². The van der Waals surface area contributed by atoms with Crippen LogP contribution in [0, 0.1) is 6.92 Å². The fraction of sp³-hybridized carbons (Fsp3) is 0.308. The third-order valence-corrected chi connectivity index (χ3v) is 4.64. The molecule has 2 aromatic heterocycles. The summed E-state index contributed by atoms with van der Waals surface area (Å²) >= 11 is 2.61. The second-order valence-corrected chi connectivity index (χ2v) is 5.93. The van der Waals surface area contributed by atoms with Crippen molar-refractivity contribution in [1.29, 1.82) is 0 Å². The number of aromatic nitrogens is 1. The normalized spacial score (nSPS) is 10.3. The van der Waals surface area contributed by atoms with Crippen LogP contribution in [0.15, 0.2) is 17.6 Å². The highest BCUT2D eigenvalue weighted by Gasteiger charge is 2.15. The van der Waals surface area contributed by atoms with Crippen molar-refractivity contribution >= 4 is 34.6 Å². The minimum Gasteiger partial charge on any atom is -0.465 e. The van der Waals surface area contributed by atoms with Gasteiger partial charge in [0.25, 0.3) is 0 Å². The van der Waals surface area contributed by atoms with Gasteiger partial charge in [0.05, 0.1) is 24.9 Å². The average Bonchev–Trinajstić information content (AvgIpc) is 3.07. The first-order valence-electron chi connectivity index (χ1n) is 5.86. The fourth-order valence-electron chi connectivity index (χ4n) is 1.53. The number of carbonyl (C=O) groups excluding carboxylic acids is 2. The van der Waals surface area contributed by atoms with Gasteiger partial charge in [-0.05, 0) is 19.1 Å². The molecule has 0 unspecified atom stereocenters. The highest BCUT2D eigenvalue weighted by Crippen LogP contribution is 2.19. The molecular formula is C13H13NO4S2. The number of rotatable bonds is 5. The number of esters is 2. The summed E-state index contributed by atoms with van der Waals surface area (Å²) in [7, 11) is 1.30. The molecule has 0 amide bonds. The smallest absolute Gasteiger partial charge is 0.348 e. The molecule has 0 bridgehead atoms. The third-order valence-electron chi connectivity index (χ3n) is 2.60. The van der Waals surface area contributed by atoms with Gasteiger partial charge in [-0.3, -0.25) is 0 Å². The molecule has 0 saturated heterocycles. The maximum atomic E-state index is 11.8. The number of thiophene rings is 1.